The Morgan fingerprint density at radius 3 is 2.80 bits per heavy atom. The third-order valence-corrected chi connectivity index (χ3v) is 1.59. The van der Waals surface area contributed by atoms with E-state index in [-0.39, 0.29) is 18.5 Å². The van der Waals surface area contributed by atoms with Gasteiger partial charge in [-0.05, 0) is 13.8 Å². The smallest absolute Gasteiger partial charge is 0.308 e. The minimum absolute atomic E-state index is 0.122. The van der Waals surface area contributed by atoms with Crippen molar-refractivity contribution in [1.82, 2.24) is 0 Å². The van der Waals surface area contributed by atoms with Gasteiger partial charge in [-0.3, -0.25) is 4.79 Å². The summed E-state index contributed by atoms with van der Waals surface area (Å²) >= 11 is 0. The minimum atomic E-state index is -0.852. The Kier molecular flexibility index (Phi) is 1.68. The first-order valence-electron chi connectivity index (χ1n) is 3.41. The van der Waals surface area contributed by atoms with Crippen LogP contribution in [0.3, 0.4) is 0 Å². The van der Waals surface area contributed by atoms with Crippen LogP contribution in [0.2, 0.25) is 0 Å². The summed E-state index contributed by atoms with van der Waals surface area (Å²) in [7, 11) is 0. The zero-order valence-corrected chi connectivity index (χ0v) is 6.26. The third kappa shape index (κ3) is 1.70. The van der Waals surface area contributed by atoms with Gasteiger partial charge in [-0.1, -0.05) is 0 Å². The zero-order valence-electron chi connectivity index (χ0n) is 6.26. The number of carbonyl (C=O) groups is 1. The third-order valence-electron chi connectivity index (χ3n) is 1.59. The molecule has 0 amide bonds. The van der Waals surface area contributed by atoms with Gasteiger partial charge in [-0.15, -0.1) is 0 Å². The molecular weight excluding hydrogens is 132 g/mol. The number of carbonyl (C=O) groups excluding carboxylic acids is 1. The Bertz CT molecular complexity index is 151. The summed E-state index contributed by atoms with van der Waals surface area (Å²) in [4.78, 5) is 10.7. The lowest BCUT2D eigenvalue weighted by molar-refractivity contribution is -0.166. The van der Waals surface area contributed by atoms with Crippen LogP contribution in [-0.2, 0) is 9.53 Å². The first kappa shape index (κ1) is 7.54. The van der Waals surface area contributed by atoms with Crippen molar-refractivity contribution in [3.05, 3.63) is 0 Å². The highest BCUT2D eigenvalue weighted by Gasteiger charge is 2.33. The molecule has 3 nitrogen and oxygen atoms in total. The van der Waals surface area contributed by atoms with Gasteiger partial charge in [-0.2, -0.15) is 0 Å². The molecule has 2 atom stereocenters. The molecule has 0 aliphatic carbocycles. The fraction of sp³-hybridized carbons (Fsp3) is 0.857. The molecule has 10 heavy (non-hydrogen) atoms. The molecule has 3 heteroatoms. The minimum Gasteiger partial charge on any atom is -0.462 e. The summed E-state index contributed by atoms with van der Waals surface area (Å²) in [5.74, 6) is -0.302. The highest BCUT2D eigenvalue weighted by molar-refractivity contribution is 5.71. The highest BCUT2D eigenvalue weighted by atomic mass is 16.5. The number of cyclic esters (lactones) is 1. The van der Waals surface area contributed by atoms with Crippen LogP contribution in [0.25, 0.3) is 0 Å². The van der Waals surface area contributed by atoms with Gasteiger partial charge in [0.25, 0.3) is 0 Å². The summed E-state index contributed by atoms with van der Waals surface area (Å²) in [6.45, 7) is 3.44. The van der Waals surface area contributed by atoms with Crippen LogP contribution in [0, 0.1) is 0 Å². The highest BCUT2D eigenvalue weighted by Crippen LogP contribution is 2.24. The van der Waals surface area contributed by atoms with Gasteiger partial charge in [0, 0.05) is 6.42 Å². The molecule has 0 aromatic carbocycles. The lowest BCUT2D eigenvalue weighted by Crippen LogP contribution is -2.39. The first-order chi connectivity index (χ1) is 4.49. The summed E-state index contributed by atoms with van der Waals surface area (Å²) in [6.07, 6.45) is 0.520. The maximum atomic E-state index is 10.7. The standard InChI is InChI=1S/C7H12O3/c1-5-3-7(2,9)4-6(8)10-5/h5,9H,3-4H2,1-2H3/t5?,7-/m1/s1. The molecule has 1 unspecified atom stereocenters. The molecule has 1 aliphatic heterocycles. The number of rotatable bonds is 0. The van der Waals surface area contributed by atoms with Crippen molar-refractivity contribution in [3.63, 3.8) is 0 Å². The molecule has 0 aromatic rings. The van der Waals surface area contributed by atoms with Crippen molar-refractivity contribution < 1.29 is 14.6 Å². The SMILES string of the molecule is CC1C[C@@](C)(O)CC(=O)O1. The van der Waals surface area contributed by atoms with Crippen LogP contribution in [0.4, 0.5) is 0 Å². The average Bonchev–Trinajstić information content (AvgIpc) is 1.54. The fourth-order valence-electron chi connectivity index (χ4n) is 1.31. The van der Waals surface area contributed by atoms with Gasteiger partial charge >= 0.3 is 5.97 Å². The van der Waals surface area contributed by atoms with Crippen molar-refractivity contribution >= 4 is 5.97 Å². The van der Waals surface area contributed by atoms with Gasteiger partial charge in [0.05, 0.1) is 12.0 Å². The van der Waals surface area contributed by atoms with Crippen molar-refractivity contribution in [2.24, 2.45) is 0 Å². The molecular formula is C7H12O3. The fourth-order valence-corrected chi connectivity index (χ4v) is 1.31. The Hall–Kier alpha value is -0.570. The number of ether oxygens (including phenoxy) is 1. The van der Waals surface area contributed by atoms with Crippen LogP contribution in [0.5, 0.6) is 0 Å². The molecule has 1 heterocycles. The second-order valence-corrected chi connectivity index (χ2v) is 3.18. The predicted octanol–water partition coefficient (Wildman–Crippen LogP) is 0.463. The predicted molar refractivity (Wildman–Crippen MR) is 35.4 cm³/mol. The Labute approximate surface area is 60.0 Å². The van der Waals surface area contributed by atoms with Crippen molar-refractivity contribution in [2.45, 2.75) is 38.4 Å². The van der Waals surface area contributed by atoms with Crippen LogP contribution in [-0.4, -0.2) is 22.8 Å². The quantitative estimate of drug-likeness (QED) is 0.502. The van der Waals surface area contributed by atoms with E-state index in [1.54, 1.807) is 13.8 Å². The first-order valence-corrected chi connectivity index (χ1v) is 3.41. The summed E-state index contributed by atoms with van der Waals surface area (Å²) < 4.78 is 4.82. The van der Waals surface area contributed by atoms with Gasteiger partial charge in [0.15, 0.2) is 0 Å². The van der Waals surface area contributed by atoms with Gasteiger partial charge in [0.2, 0.25) is 0 Å². The molecule has 1 rings (SSSR count). The molecule has 58 valence electrons. The second kappa shape index (κ2) is 2.23. The van der Waals surface area contributed by atoms with Crippen molar-refractivity contribution in [1.29, 1.82) is 0 Å². The van der Waals surface area contributed by atoms with E-state index in [1.807, 2.05) is 0 Å². The van der Waals surface area contributed by atoms with Gasteiger partial charge in [0.1, 0.15) is 6.10 Å². The van der Waals surface area contributed by atoms with E-state index < -0.39 is 5.60 Å². The van der Waals surface area contributed by atoms with E-state index >= 15 is 0 Å². The Morgan fingerprint density at radius 2 is 2.40 bits per heavy atom. The van der Waals surface area contributed by atoms with E-state index in [0.717, 1.165) is 0 Å². The van der Waals surface area contributed by atoms with E-state index in [2.05, 4.69) is 0 Å². The summed E-state index contributed by atoms with van der Waals surface area (Å²) in [5, 5.41) is 9.41. The van der Waals surface area contributed by atoms with Gasteiger partial charge in [-0.25, -0.2) is 0 Å². The van der Waals surface area contributed by atoms with Crippen LogP contribution < -0.4 is 0 Å². The second-order valence-electron chi connectivity index (χ2n) is 3.18. The lowest BCUT2D eigenvalue weighted by atomic mass is 9.93. The molecule has 1 N–H and O–H groups in total. The van der Waals surface area contributed by atoms with E-state index in [1.165, 1.54) is 0 Å². The van der Waals surface area contributed by atoms with Crippen LogP contribution in [0.1, 0.15) is 26.7 Å². The lowest BCUT2D eigenvalue weighted by Gasteiger charge is -2.31. The topological polar surface area (TPSA) is 46.5 Å². The molecule has 0 saturated carbocycles. The van der Waals surface area contributed by atoms with Crippen LogP contribution in [0.15, 0.2) is 0 Å². The van der Waals surface area contributed by atoms with E-state index in [0.29, 0.717) is 6.42 Å². The van der Waals surface area contributed by atoms with Crippen LogP contribution >= 0.6 is 0 Å². The molecule has 0 aromatic heterocycles. The maximum absolute atomic E-state index is 10.7. The molecule has 0 bridgehead atoms. The Balaban J connectivity index is 2.59. The zero-order chi connectivity index (χ0) is 7.78. The molecule has 0 radical (unpaired) electrons. The molecule has 1 aliphatic rings. The van der Waals surface area contributed by atoms with E-state index in [4.69, 9.17) is 4.74 Å². The Morgan fingerprint density at radius 1 is 1.80 bits per heavy atom. The number of hydrogen-bond donors (Lipinski definition) is 1. The number of aliphatic hydroxyl groups is 1. The summed E-state index contributed by atoms with van der Waals surface area (Å²) in [6, 6.07) is 0. The van der Waals surface area contributed by atoms with E-state index in [9.17, 15) is 9.90 Å². The molecule has 1 saturated heterocycles. The normalized spacial score (nSPS) is 41.1. The van der Waals surface area contributed by atoms with Gasteiger partial charge < -0.3 is 9.84 Å². The number of esters is 1. The molecule has 1 fully saturated rings. The van der Waals surface area contributed by atoms with Crippen molar-refractivity contribution in [2.75, 3.05) is 0 Å². The maximum Gasteiger partial charge on any atom is 0.308 e. The monoisotopic (exact) mass is 144 g/mol. The summed E-state index contributed by atoms with van der Waals surface area (Å²) in [5.41, 5.74) is -0.852. The largest absolute Gasteiger partial charge is 0.462 e. The molecule has 0 spiro atoms. The number of hydrogen-bond acceptors (Lipinski definition) is 3. The average molecular weight is 144 g/mol. The van der Waals surface area contributed by atoms with Crippen molar-refractivity contribution in [3.8, 4) is 0 Å².